The second-order valence-electron chi connectivity index (χ2n) is 5.33. The summed E-state index contributed by atoms with van der Waals surface area (Å²) in [6.07, 6.45) is 8.90. The van der Waals surface area contributed by atoms with Gasteiger partial charge in [0.2, 0.25) is 5.95 Å². The monoisotopic (exact) mass is 269 g/mol. The molecule has 0 aliphatic heterocycles. The predicted molar refractivity (Wildman–Crippen MR) is 76.5 cm³/mol. The fourth-order valence-electron chi connectivity index (χ4n) is 2.63. The van der Waals surface area contributed by atoms with Crippen LogP contribution < -0.4 is 5.32 Å². The van der Waals surface area contributed by atoms with E-state index in [2.05, 4.69) is 28.0 Å². The molecule has 0 aromatic carbocycles. The van der Waals surface area contributed by atoms with Gasteiger partial charge in [0.05, 0.1) is 5.69 Å². The van der Waals surface area contributed by atoms with E-state index >= 15 is 0 Å². The Labute approximate surface area is 112 Å². The third-order valence-electron chi connectivity index (χ3n) is 3.49. The molecule has 1 fully saturated rings. The first-order chi connectivity index (χ1) is 8.56. The van der Waals surface area contributed by atoms with Crippen molar-refractivity contribution in [1.29, 1.82) is 0 Å². The minimum Gasteiger partial charge on any atom is -0.353 e. The SMILES string of the molecule is Cc1cn(C(C)CS(C)=O)c(NC2CCCC2)n1. The van der Waals surface area contributed by atoms with Crippen LogP contribution in [0.1, 0.15) is 44.3 Å². The lowest BCUT2D eigenvalue weighted by atomic mass is 10.2. The topological polar surface area (TPSA) is 46.9 Å². The van der Waals surface area contributed by atoms with Gasteiger partial charge in [-0.3, -0.25) is 4.21 Å². The molecular weight excluding hydrogens is 246 g/mol. The van der Waals surface area contributed by atoms with Gasteiger partial charge in [0.25, 0.3) is 0 Å². The fraction of sp³-hybridized carbons (Fsp3) is 0.769. The molecule has 2 atom stereocenters. The van der Waals surface area contributed by atoms with E-state index < -0.39 is 10.8 Å². The van der Waals surface area contributed by atoms with Gasteiger partial charge < -0.3 is 9.88 Å². The van der Waals surface area contributed by atoms with Gasteiger partial charge in [0.1, 0.15) is 0 Å². The molecule has 5 heteroatoms. The van der Waals surface area contributed by atoms with Gasteiger partial charge in [-0.1, -0.05) is 12.8 Å². The molecule has 1 heterocycles. The number of rotatable bonds is 5. The van der Waals surface area contributed by atoms with Gasteiger partial charge in [0, 0.05) is 41.1 Å². The van der Waals surface area contributed by atoms with Crippen molar-refractivity contribution in [1.82, 2.24) is 9.55 Å². The van der Waals surface area contributed by atoms with Crippen LogP contribution >= 0.6 is 0 Å². The molecule has 1 aliphatic carbocycles. The first-order valence-electron chi connectivity index (χ1n) is 6.68. The average molecular weight is 269 g/mol. The van der Waals surface area contributed by atoms with Gasteiger partial charge in [-0.05, 0) is 26.7 Å². The smallest absolute Gasteiger partial charge is 0.203 e. The highest BCUT2D eigenvalue weighted by Crippen LogP contribution is 2.24. The molecule has 0 amide bonds. The maximum atomic E-state index is 11.3. The summed E-state index contributed by atoms with van der Waals surface area (Å²) in [5.41, 5.74) is 1.02. The average Bonchev–Trinajstić information content (AvgIpc) is 2.87. The standard InChI is InChI=1S/C13H23N3OS/c1-10-8-16(11(2)9-18(3)17)13(14-10)15-12-6-4-5-7-12/h8,11-12H,4-7,9H2,1-3H3,(H,14,15). The minimum atomic E-state index is -0.775. The molecule has 18 heavy (non-hydrogen) atoms. The summed E-state index contributed by atoms with van der Waals surface area (Å²) in [5.74, 6) is 1.62. The van der Waals surface area contributed by atoms with Gasteiger partial charge in [-0.15, -0.1) is 0 Å². The predicted octanol–water partition coefficient (Wildman–Crippen LogP) is 2.49. The Balaban J connectivity index is 2.11. The zero-order valence-electron chi connectivity index (χ0n) is 11.5. The van der Waals surface area contributed by atoms with Gasteiger partial charge >= 0.3 is 0 Å². The summed E-state index contributed by atoms with van der Waals surface area (Å²) in [6, 6.07) is 0.783. The number of anilines is 1. The normalized spacial score (nSPS) is 19.9. The Morgan fingerprint density at radius 2 is 2.22 bits per heavy atom. The largest absolute Gasteiger partial charge is 0.353 e. The van der Waals surface area contributed by atoms with E-state index in [-0.39, 0.29) is 6.04 Å². The first kappa shape index (κ1) is 13.6. The number of imidazole rings is 1. The number of hydrogen-bond donors (Lipinski definition) is 1. The van der Waals surface area contributed by atoms with Crippen LogP contribution in [0.4, 0.5) is 5.95 Å². The lowest BCUT2D eigenvalue weighted by Crippen LogP contribution is -2.21. The van der Waals surface area contributed by atoms with Crippen molar-refractivity contribution in [2.75, 3.05) is 17.3 Å². The highest BCUT2D eigenvalue weighted by molar-refractivity contribution is 7.84. The summed E-state index contributed by atoms with van der Waals surface area (Å²) in [7, 11) is -0.775. The van der Waals surface area contributed by atoms with Crippen molar-refractivity contribution in [3.05, 3.63) is 11.9 Å². The van der Waals surface area contributed by atoms with E-state index in [0.29, 0.717) is 11.8 Å². The summed E-state index contributed by atoms with van der Waals surface area (Å²) in [6.45, 7) is 4.11. The Bertz CT molecular complexity index is 424. The minimum absolute atomic E-state index is 0.223. The molecular formula is C13H23N3OS. The molecule has 1 N–H and O–H groups in total. The maximum absolute atomic E-state index is 11.3. The van der Waals surface area contributed by atoms with Crippen LogP contribution in [-0.4, -0.2) is 31.8 Å². The zero-order chi connectivity index (χ0) is 13.1. The molecule has 102 valence electrons. The second kappa shape index (κ2) is 5.87. The van der Waals surface area contributed by atoms with E-state index in [9.17, 15) is 4.21 Å². The third kappa shape index (κ3) is 3.34. The molecule has 2 unspecified atom stereocenters. The van der Waals surface area contributed by atoms with Gasteiger partial charge in [0.15, 0.2) is 0 Å². The lowest BCUT2D eigenvalue weighted by Gasteiger charge is -2.18. The van der Waals surface area contributed by atoms with Gasteiger partial charge in [-0.25, -0.2) is 4.98 Å². The Hall–Kier alpha value is -0.840. The number of aryl methyl sites for hydroxylation is 1. The van der Waals surface area contributed by atoms with Crippen molar-refractivity contribution in [2.45, 2.75) is 51.6 Å². The van der Waals surface area contributed by atoms with E-state index in [4.69, 9.17) is 0 Å². The van der Waals surface area contributed by atoms with Crippen LogP contribution in [0, 0.1) is 6.92 Å². The molecule has 0 radical (unpaired) electrons. The van der Waals surface area contributed by atoms with E-state index in [0.717, 1.165) is 11.6 Å². The van der Waals surface area contributed by atoms with Crippen molar-refractivity contribution in [3.63, 3.8) is 0 Å². The Kier molecular flexibility index (Phi) is 4.43. The summed E-state index contributed by atoms with van der Waals surface area (Å²) >= 11 is 0. The Morgan fingerprint density at radius 3 is 2.83 bits per heavy atom. The molecule has 1 saturated carbocycles. The first-order valence-corrected chi connectivity index (χ1v) is 8.41. The lowest BCUT2D eigenvalue weighted by molar-refractivity contribution is 0.593. The van der Waals surface area contributed by atoms with Crippen molar-refractivity contribution >= 4 is 16.7 Å². The molecule has 1 aromatic rings. The molecule has 0 bridgehead atoms. The van der Waals surface area contributed by atoms with Crippen LogP contribution in [0.25, 0.3) is 0 Å². The van der Waals surface area contributed by atoms with E-state index in [1.165, 1.54) is 25.7 Å². The molecule has 0 saturated heterocycles. The second-order valence-corrected chi connectivity index (χ2v) is 6.81. The zero-order valence-corrected chi connectivity index (χ0v) is 12.3. The van der Waals surface area contributed by atoms with Crippen LogP contribution in [0.3, 0.4) is 0 Å². The van der Waals surface area contributed by atoms with E-state index in [1.807, 2.05) is 6.92 Å². The van der Waals surface area contributed by atoms with Crippen molar-refractivity contribution in [2.24, 2.45) is 0 Å². The highest BCUT2D eigenvalue weighted by atomic mass is 32.2. The number of nitrogens with one attached hydrogen (secondary N) is 1. The highest BCUT2D eigenvalue weighted by Gasteiger charge is 2.19. The third-order valence-corrected chi connectivity index (χ3v) is 4.44. The summed E-state index contributed by atoms with van der Waals surface area (Å²) < 4.78 is 13.5. The number of aromatic nitrogens is 2. The van der Waals surface area contributed by atoms with Crippen LogP contribution in [0.5, 0.6) is 0 Å². The summed E-state index contributed by atoms with van der Waals surface area (Å²) in [5, 5.41) is 3.54. The maximum Gasteiger partial charge on any atom is 0.203 e. The Morgan fingerprint density at radius 1 is 1.56 bits per heavy atom. The number of nitrogens with zero attached hydrogens (tertiary/aromatic N) is 2. The van der Waals surface area contributed by atoms with Crippen molar-refractivity contribution < 1.29 is 4.21 Å². The van der Waals surface area contributed by atoms with Crippen LogP contribution in [0.15, 0.2) is 6.20 Å². The van der Waals surface area contributed by atoms with Gasteiger partial charge in [-0.2, -0.15) is 0 Å². The molecule has 1 aromatic heterocycles. The van der Waals surface area contributed by atoms with Crippen molar-refractivity contribution in [3.8, 4) is 0 Å². The quantitative estimate of drug-likeness (QED) is 0.893. The molecule has 2 rings (SSSR count). The van der Waals surface area contributed by atoms with Crippen LogP contribution in [0.2, 0.25) is 0 Å². The molecule has 1 aliphatic rings. The van der Waals surface area contributed by atoms with E-state index in [1.54, 1.807) is 6.26 Å². The van der Waals surface area contributed by atoms with Crippen LogP contribution in [-0.2, 0) is 10.8 Å². The summed E-state index contributed by atoms with van der Waals surface area (Å²) in [4.78, 5) is 4.56. The molecule has 0 spiro atoms. The molecule has 4 nitrogen and oxygen atoms in total. The fourth-order valence-corrected chi connectivity index (χ4v) is 3.47. The number of hydrogen-bond acceptors (Lipinski definition) is 3.